The van der Waals surface area contributed by atoms with E-state index < -0.39 is 6.10 Å². The maximum Gasteiger partial charge on any atom is 0.227 e. The summed E-state index contributed by atoms with van der Waals surface area (Å²) in [6.07, 6.45) is 1.12. The van der Waals surface area contributed by atoms with Crippen molar-refractivity contribution >= 4 is 23.4 Å². The number of rotatable bonds is 3. The Morgan fingerprint density at radius 1 is 1.18 bits per heavy atom. The van der Waals surface area contributed by atoms with Crippen molar-refractivity contribution in [1.29, 1.82) is 0 Å². The number of aliphatic hydroxyl groups excluding tert-OH is 1. The molecule has 1 saturated heterocycles. The van der Waals surface area contributed by atoms with Gasteiger partial charge in [-0.05, 0) is 67.3 Å². The number of carbonyl (C=O) groups excluding carboxylic acids is 1. The van der Waals surface area contributed by atoms with Gasteiger partial charge in [0.1, 0.15) is 5.82 Å². The maximum atomic E-state index is 14.3. The van der Waals surface area contributed by atoms with Crippen LogP contribution in [0.4, 0.5) is 10.1 Å². The lowest BCUT2D eigenvalue weighted by Gasteiger charge is -2.34. The minimum absolute atomic E-state index is 0.130. The Bertz CT molecular complexity index is 893. The summed E-state index contributed by atoms with van der Waals surface area (Å²) in [6, 6.07) is 11.0. The van der Waals surface area contributed by atoms with Crippen LogP contribution in [0.1, 0.15) is 36.8 Å². The molecule has 4 rings (SSSR count). The number of carbonyl (C=O) groups is 1. The van der Waals surface area contributed by atoms with Gasteiger partial charge >= 0.3 is 0 Å². The molecule has 2 aliphatic heterocycles. The summed E-state index contributed by atoms with van der Waals surface area (Å²) >= 11 is 1.49. The second-order valence-electron chi connectivity index (χ2n) is 7.52. The molecular weight excluding hydrogens is 377 g/mol. The fourth-order valence-corrected chi connectivity index (χ4v) is 5.11. The molecule has 6 heteroatoms. The summed E-state index contributed by atoms with van der Waals surface area (Å²) in [4.78, 5) is 15.4. The monoisotopic (exact) mass is 401 g/mol. The van der Waals surface area contributed by atoms with Gasteiger partial charge in [0.15, 0.2) is 0 Å². The summed E-state index contributed by atoms with van der Waals surface area (Å²) in [7, 11) is 1.80. The van der Waals surface area contributed by atoms with Crippen molar-refractivity contribution in [2.75, 3.05) is 18.6 Å². The number of benzene rings is 2. The number of halogens is 1. The van der Waals surface area contributed by atoms with Crippen molar-refractivity contribution in [3.8, 4) is 0 Å². The molecule has 3 atom stereocenters. The molecule has 148 valence electrons. The number of amides is 1. The molecule has 2 aliphatic rings. The van der Waals surface area contributed by atoms with Crippen LogP contribution in [-0.2, 0) is 16.0 Å². The zero-order valence-corrected chi connectivity index (χ0v) is 16.8. The van der Waals surface area contributed by atoms with Gasteiger partial charge in [0.05, 0.1) is 12.2 Å². The van der Waals surface area contributed by atoms with Gasteiger partial charge in [0, 0.05) is 41.5 Å². The highest BCUT2D eigenvalue weighted by Crippen LogP contribution is 2.37. The lowest BCUT2D eigenvalue weighted by molar-refractivity contribution is -0.118. The van der Waals surface area contributed by atoms with Crippen LogP contribution in [0.3, 0.4) is 0 Å². The molecule has 2 heterocycles. The van der Waals surface area contributed by atoms with Gasteiger partial charge in [-0.3, -0.25) is 4.79 Å². The predicted molar refractivity (Wildman–Crippen MR) is 107 cm³/mol. The van der Waals surface area contributed by atoms with Crippen molar-refractivity contribution in [2.45, 2.75) is 54.1 Å². The first-order valence-corrected chi connectivity index (χ1v) is 10.4. The molecular formula is C22H24FNO3S. The molecule has 3 unspecified atom stereocenters. The van der Waals surface area contributed by atoms with Crippen LogP contribution in [0.25, 0.3) is 0 Å². The van der Waals surface area contributed by atoms with E-state index in [1.807, 2.05) is 25.1 Å². The first-order valence-electron chi connectivity index (χ1n) is 9.60. The second kappa shape index (κ2) is 7.85. The second-order valence-corrected chi connectivity index (χ2v) is 8.67. The smallest absolute Gasteiger partial charge is 0.227 e. The van der Waals surface area contributed by atoms with Crippen molar-refractivity contribution in [3.63, 3.8) is 0 Å². The van der Waals surface area contributed by atoms with Crippen LogP contribution in [0.5, 0.6) is 0 Å². The largest absolute Gasteiger partial charge is 0.392 e. The van der Waals surface area contributed by atoms with E-state index in [1.54, 1.807) is 11.9 Å². The molecule has 28 heavy (non-hydrogen) atoms. The third-order valence-electron chi connectivity index (χ3n) is 5.62. The van der Waals surface area contributed by atoms with E-state index in [0.29, 0.717) is 19.4 Å². The quantitative estimate of drug-likeness (QED) is 0.840. The molecule has 0 aliphatic carbocycles. The van der Waals surface area contributed by atoms with E-state index in [0.717, 1.165) is 33.0 Å². The zero-order chi connectivity index (χ0) is 19.8. The Morgan fingerprint density at radius 3 is 2.79 bits per heavy atom. The summed E-state index contributed by atoms with van der Waals surface area (Å²) in [5, 5.41) is 10.4. The molecule has 1 amide bonds. The Hall–Kier alpha value is -1.89. The fraction of sp³-hybridized carbons (Fsp3) is 0.409. The molecule has 0 aromatic heterocycles. The molecule has 1 N–H and O–H groups in total. The maximum absolute atomic E-state index is 14.3. The first-order chi connectivity index (χ1) is 13.4. The number of anilines is 1. The van der Waals surface area contributed by atoms with Gasteiger partial charge in [0.2, 0.25) is 5.91 Å². The third-order valence-corrected chi connectivity index (χ3v) is 6.58. The molecule has 0 saturated carbocycles. The number of aliphatic hydroxyl groups is 1. The zero-order valence-electron chi connectivity index (χ0n) is 16.0. The molecule has 0 radical (unpaired) electrons. The fourth-order valence-electron chi connectivity index (χ4n) is 4.13. The first kappa shape index (κ1) is 19.4. The van der Waals surface area contributed by atoms with Crippen LogP contribution < -0.4 is 4.90 Å². The standard InChI is InChI=1S/C22H24FNO3S/c1-13-22(20(25)7-8-27-13)15-9-16(23)12-18(11-15)28-17-4-5-19-14(10-17)3-6-21(26)24(19)2/h4-5,9-13,20,22,25H,3,6-8H2,1-2H3. The Kier molecular flexibility index (Phi) is 5.45. The van der Waals surface area contributed by atoms with Crippen LogP contribution in [0.15, 0.2) is 46.2 Å². The number of hydrogen-bond acceptors (Lipinski definition) is 4. The summed E-state index contributed by atoms with van der Waals surface area (Å²) in [6.45, 7) is 2.45. The topological polar surface area (TPSA) is 49.8 Å². The van der Waals surface area contributed by atoms with Gasteiger partial charge in [-0.2, -0.15) is 0 Å². The SMILES string of the molecule is CC1OCCC(O)C1c1cc(F)cc(Sc2ccc3c(c2)CCC(=O)N3C)c1. The van der Waals surface area contributed by atoms with Crippen molar-refractivity contribution in [1.82, 2.24) is 0 Å². The van der Waals surface area contributed by atoms with Gasteiger partial charge in [-0.15, -0.1) is 0 Å². The highest BCUT2D eigenvalue weighted by molar-refractivity contribution is 7.99. The van der Waals surface area contributed by atoms with Gasteiger partial charge in [-0.25, -0.2) is 4.39 Å². The number of ether oxygens (including phenoxy) is 1. The van der Waals surface area contributed by atoms with E-state index in [-0.39, 0.29) is 23.7 Å². The third kappa shape index (κ3) is 3.81. The van der Waals surface area contributed by atoms with Crippen LogP contribution >= 0.6 is 11.8 Å². The molecule has 0 bridgehead atoms. The van der Waals surface area contributed by atoms with E-state index in [9.17, 15) is 14.3 Å². The summed E-state index contributed by atoms with van der Waals surface area (Å²) in [5.41, 5.74) is 2.84. The summed E-state index contributed by atoms with van der Waals surface area (Å²) in [5.74, 6) is -0.412. The van der Waals surface area contributed by atoms with Gasteiger partial charge < -0.3 is 14.7 Å². The number of nitrogens with zero attached hydrogens (tertiary/aromatic N) is 1. The Morgan fingerprint density at radius 2 is 2.00 bits per heavy atom. The molecule has 4 nitrogen and oxygen atoms in total. The molecule has 2 aromatic carbocycles. The van der Waals surface area contributed by atoms with Gasteiger partial charge in [0.25, 0.3) is 0 Å². The number of hydrogen-bond donors (Lipinski definition) is 1. The van der Waals surface area contributed by atoms with Crippen molar-refractivity contribution < 1.29 is 19.0 Å². The van der Waals surface area contributed by atoms with Gasteiger partial charge in [-0.1, -0.05) is 11.8 Å². The number of aryl methyl sites for hydroxylation is 1. The van der Waals surface area contributed by atoms with E-state index >= 15 is 0 Å². The minimum Gasteiger partial charge on any atom is -0.392 e. The van der Waals surface area contributed by atoms with Crippen molar-refractivity contribution in [2.24, 2.45) is 0 Å². The molecule has 1 fully saturated rings. The van der Waals surface area contributed by atoms with Crippen LogP contribution in [0.2, 0.25) is 0 Å². The lowest BCUT2D eigenvalue weighted by Crippen LogP contribution is -2.36. The Balaban J connectivity index is 1.60. The van der Waals surface area contributed by atoms with Crippen molar-refractivity contribution in [3.05, 3.63) is 53.3 Å². The molecule has 0 spiro atoms. The average molecular weight is 402 g/mol. The minimum atomic E-state index is -0.528. The predicted octanol–water partition coefficient (Wildman–Crippen LogP) is 4.14. The van der Waals surface area contributed by atoms with E-state index in [1.165, 1.54) is 23.9 Å². The lowest BCUT2D eigenvalue weighted by atomic mass is 9.86. The van der Waals surface area contributed by atoms with E-state index in [4.69, 9.17) is 4.74 Å². The van der Waals surface area contributed by atoms with E-state index in [2.05, 4.69) is 6.07 Å². The highest BCUT2D eigenvalue weighted by atomic mass is 32.2. The summed E-state index contributed by atoms with van der Waals surface area (Å²) < 4.78 is 20.0. The highest BCUT2D eigenvalue weighted by Gasteiger charge is 2.32. The average Bonchev–Trinajstić information content (AvgIpc) is 2.64. The van der Waals surface area contributed by atoms with Crippen LogP contribution in [0, 0.1) is 5.82 Å². The molecule has 2 aromatic rings. The Labute approximate surface area is 168 Å². The van der Waals surface area contributed by atoms with Crippen LogP contribution in [-0.4, -0.2) is 36.9 Å². The normalized spacial score (nSPS) is 24.9. The number of fused-ring (bicyclic) bond motifs is 1.